The third kappa shape index (κ3) is 1.86. The normalized spacial score (nSPS) is 36.0. The maximum atomic E-state index is 12.6. The van der Waals surface area contributed by atoms with Gasteiger partial charge >= 0.3 is 0 Å². The fraction of sp³-hybridized carbons (Fsp3) is 0.867. The number of carbonyl (C=O) groups excluding carboxylic acids is 2. The highest BCUT2D eigenvalue weighted by atomic mass is 16.5. The molecule has 2 amide bonds. The van der Waals surface area contributed by atoms with Gasteiger partial charge in [-0.15, -0.1) is 0 Å². The van der Waals surface area contributed by atoms with E-state index in [4.69, 9.17) is 4.74 Å². The second kappa shape index (κ2) is 4.72. The topological polar surface area (TPSA) is 49.9 Å². The molecule has 3 rings (SSSR count). The zero-order valence-electron chi connectivity index (χ0n) is 12.6. The number of hydrogen-bond donors (Lipinski definition) is 0. The molecule has 20 heavy (non-hydrogen) atoms. The van der Waals surface area contributed by atoms with Crippen LogP contribution in [0.3, 0.4) is 0 Å². The summed E-state index contributed by atoms with van der Waals surface area (Å²) < 4.78 is 5.73. The first-order valence-corrected chi connectivity index (χ1v) is 7.68. The van der Waals surface area contributed by atoms with Gasteiger partial charge in [0.1, 0.15) is 12.6 Å². The molecule has 1 aliphatic carbocycles. The molecule has 5 nitrogen and oxygen atoms in total. The number of amides is 2. The Labute approximate surface area is 120 Å². The molecule has 0 aromatic carbocycles. The average molecular weight is 280 g/mol. The number of carbonyl (C=O) groups is 2. The molecule has 3 unspecified atom stereocenters. The lowest BCUT2D eigenvalue weighted by atomic mass is 9.63. The number of ether oxygens (including phenoxy) is 1. The van der Waals surface area contributed by atoms with Crippen LogP contribution in [0.1, 0.15) is 40.0 Å². The molecule has 0 aromatic rings. The monoisotopic (exact) mass is 280 g/mol. The first kappa shape index (κ1) is 13.9. The number of piperazine rings is 1. The predicted molar refractivity (Wildman–Crippen MR) is 74.0 cm³/mol. The summed E-state index contributed by atoms with van der Waals surface area (Å²) in [5.74, 6) is 0.262. The largest absolute Gasteiger partial charge is 0.378 e. The minimum Gasteiger partial charge on any atom is -0.378 e. The van der Waals surface area contributed by atoms with Gasteiger partial charge in [0.15, 0.2) is 0 Å². The van der Waals surface area contributed by atoms with E-state index in [0.29, 0.717) is 6.61 Å². The number of nitrogens with zero attached hydrogens (tertiary/aromatic N) is 2. The Morgan fingerprint density at radius 3 is 2.70 bits per heavy atom. The molecule has 1 saturated carbocycles. The SMILES string of the molecule is CCOC1CC(N2CC(=O)N3CCCC3C2=O)C1(C)C. The van der Waals surface area contributed by atoms with E-state index < -0.39 is 0 Å². The fourth-order valence-electron chi connectivity index (χ4n) is 3.97. The highest BCUT2D eigenvalue weighted by molar-refractivity contribution is 5.95. The number of fused-ring (bicyclic) bond motifs is 1. The van der Waals surface area contributed by atoms with Crippen molar-refractivity contribution in [2.75, 3.05) is 19.7 Å². The zero-order chi connectivity index (χ0) is 14.5. The maximum Gasteiger partial charge on any atom is 0.246 e. The second-order valence-electron chi connectivity index (χ2n) is 6.73. The highest BCUT2D eigenvalue weighted by Crippen LogP contribution is 2.46. The molecule has 0 aromatic heterocycles. The van der Waals surface area contributed by atoms with Gasteiger partial charge in [-0.1, -0.05) is 13.8 Å². The van der Waals surface area contributed by atoms with E-state index in [9.17, 15) is 9.59 Å². The van der Waals surface area contributed by atoms with E-state index in [-0.39, 0.29) is 42.0 Å². The molecule has 2 saturated heterocycles. The summed E-state index contributed by atoms with van der Waals surface area (Å²) in [7, 11) is 0. The third-order valence-corrected chi connectivity index (χ3v) is 5.32. The standard InChI is InChI=1S/C15H24N2O3/c1-4-20-12-8-11(15(12,2)3)17-9-13(18)16-7-5-6-10(16)14(17)19/h10-12H,4-9H2,1-3H3. The summed E-state index contributed by atoms with van der Waals surface area (Å²) >= 11 is 0. The second-order valence-corrected chi connectivity index (χ2v) is 6.73. The van der Waals surface area contributed by atoms with Gasteiger partial charge in [0.25, 0.3) is 0 Å². The molecule has 0 bridgehead atoms. The van der Waals surface area contributed by atoms with E-state index >= 15 is 0 Å². The number of hydrogen-bond acceptors (Lipinski definition) is 3. The first-order valence-electron chi connectivity index (χ1n) is 7.68. The van der Waals surface area contributed by atoms with Crippen molar-refractivity contribution in [3.05, 3.63) is 0 Å². The summed E-state index contributed by atoms with van der Waals surface area (Å²) in [6.07, 6.45) is 2.82. The molecule has 0 radical (unpaired) electrons. The average Bonchev–Trinajstić information content (AvgIpc) is 2.89. The van der Waals surface area contributed by atoms with Crippen molar-refractivity contribution in [1.82, 2.24) is 9.80 Å². The quantitative estimate of drug-likeness (QED) is 0.775. The van der Waals surface area contributed by atoms with Crippen LogP contribution < -0.4 is 0 Å². The molecule has 0 spiro atoms. The van der Waals surface area contributed by atoms with Crippen LogP contribution in [0.5, 0.6) is 0 Å². The highest BCUT2D eigenvalue weighted by Gasteiger charge is 2.55. The Bertz CT molecular complexity index is 435. The van der Waals surface area contributed by atoms with Gasteiger partial charge in [0, 0.05) is 24.6 Å². The van der Waals surface area contributed by atoms with Crippen molar-refractivity contribution in [2.24, 2.45) is 5.41 Å². The minimum atomic E-state index is -0.196. The molecule has 2 heterocycles. The number of rotatable bonds is 3. The Morgan fingerprint density at radius 1 is 1.30 bits per heavy atom. The molecule has 2 aliphatic heterocycles. The van der Waals surface area contributed by atoms with E-state index in [0.717, 1.165) is 25.8 Å². The molecule has 112 valence electrons. The van der Waals surface area contributed by atoms with E-state index in [1.54, 1.807) is 4.90 Å². The van der Waals surface area contributed by atoms with Crippen molar-refractivity contribution in [1.29, 1.82) is 0 Å². The van der Waals surface area contributed by atoms with Crippen LogP contribution in [0.4, 0.5) is 0 Å². The van der Waals surface area contributed by atoms with Gasteiger partial charge in [-0.2, -0.15) is 0 Å². The van der Waals surface area contributed by atoms with Crippen molar-refractivity contribution in [2.45, 2.75) is 58.2 Å². The van der Waals surface area contributed by atoms with Gasteiger partial charge < -0.3 is 14.5 Å². The molecular weight excluding hydrogens is 256 g/mol. The van der Waals surface area contributed by atoms with Gasteiger partial charge in [0.05, 0.1) is 6.10 Å². The molecule has 3 aliphatic rings. The van der Waals surface area contributed by atoms with Crippen molar-refractivity contribution in [3.63, 3.8) is 0 Å². The predicted octanol–water partition coefficient (Wildman–Crippen LogP) is 1.02. The summed E-state index contributed by atoms with van der Waals surface area (Å²) in [4.78, 5) is 28.4. The van der Waals surface area contributed by atoms with Crippen LogP contribution in [-0.2, 0) is 14.3 Å². The smallest absolute Gasteiger partial charge is 0.246 e. The van der Waals surface area contributed by atoms with Crippen LogP contribution in [0.2, 0.25) is 0 Å². The van der Waals surface area contributed by atoms with Gasteiger partial charge in [-0.05, 0) is 26.2 Å². The van der Waals surface area contributed by atoms with E-state index in [2.05, 4.69) is 13.8 Å². The lowest BCUT2D eigenvalue weighted by Crippen LogP contribution is -2.69. The summed E-state index contributed by atoms with van der Waals surface area (Å²) in [5, 5.41) is 0. The van der Waals surface area contributed by atoms with Crippen LogP contribution in [0.25, 0.3) is 0 Å². The molecule has 3 fully saturated rings. The maximum absolute atomic E-state index is 12.6. The Kier molecular flexibility index (Phi) is 3.27. The summed E-state index contributed by atoms with van der Waals surface area (Å²) in [5.41, 5.74) is -0.0628. The Morgan fingerprint density at radius 2 is 2.05 bits per heavy atom. The third-order valence-electron chi connectivity index (χ3n) is 5.32. The van der Waals surface area contributed by atoms with Crippen LogP contribution in [0, 0.1) is 5.41 Å². The van der Waals surface area contributed by atoms with Crippen LogP contribution in [0.15, 0.2) is 0 Å². The summed E-state index contributed by atoms with van der Waals surface area (Å²) in [6.45, 7) is 7.97. The molecule has 3 atom stereocenters. The minimum absolute atomic E-state index is 0.0628. The van der Waals surface area contributed by atoms with Gasteiger partial charge in [-0.25, -0.2) is 0 Å². The fourth-order valence-corrected chi connectivity index (χ4v) is 3.97. The lowest BCUT2D eigenvalue weighted by molar-refractivity contribution is -0.180. The Balaban J connectivity index is 1.75. The van der Waals surface area contributed by atoms with E-state index in [1.165, 1.54) is 0 Å². The van der Waals surface area contributed by atoms with Gasteiger partial charge in [-0.3, -0.25) is 9.59 Å². The van der Waals surface area contributed by atoms with Gasteiger partial charge in [0.2, 0.25) is 11.8 Å². The molecule has 0 N–H and O–H groups in total. The van der Waals surface area contributed by atoms with Crippen molar-refractivity contribution >= 4 is 11.8 Å². The van der Waals surface area contributed by atoms with E-state index in [1.807, 2.05) is 11.8 Å². The van der Waals surface area contributed by atoms with Crippen LogP contribution >= 0.6 is 0 Å². The van der Waals surface area contributed by atoms with Crippen LogP contribution in [-0.4, -0.2) is 59.5 Å². The zero-order valence-corrected chi connectivity index (χ0v) is 12.6. The Hall–Kier alpha value is -1.10. The first-order chi connectivity index (χ1) is 9.46. The van der Waals surface area contributed by atoms with Crippen molar-refractivity contribution in [3.8, 4) is 0 Å². The molecule has 5 heteroatoms. The summed E-state index contributed by atoms with van der Waals surface area (Å²) in [6, 6.07) is -0.0588. The molecular formula is C15H24N2O3. The lowest BCUT2D eigenvalue weighted by Gasteiger charge is -2.57. The van der Waals surface area contributed by atoms with Crippen molar-refractivity contribution < 1.29 is 14.3 Å².